The average molecular weight is 168 g/mol. The molecule has 1 rings (SSSR count). The van der Waals surface area contributed by atoms with Crippen LogP contribution in [0.25, 0.3) is 0 Å². The summed E-state index contributed by atoms with van der Waals surface area (Å²) in [5, 5.41) is 9.25. The monoisotopic (exact) mass is 168 g/mol. The molecule has 0 radical (unpaired) electrons. The molecule has 2 atom stereocenters. The van der Waals surface area contributed by atoms with E-state index in [1.54, 1.807) is 0 Å². The van der Waals surface area contributed by atoms with Gasteiger partial charge in [0, 0.05) is 0 Å². The average Bonchev–Trinajstić information content (AvgIpc) is 1.59. The zero-order valence-corrected chi connectivity index (χ0v) is 6.30. The van der Waals surface area contributed by atoms with Gasteiger partial charge < -0.3 is 5.11 Å². The van der Waals surface area contributed by atoms with Gasteiger partial charge in [0.05, 0.1) is 6.10 Å². The fourth-order valence-corrected chi connectivity index (χ4v) is 1.90. The first kappa shape index (κ1) is 11.6. The van der Waals surface area contributed by atoms with Crippen LogP contribution in [-0.4, -0.2) is 62.6 Å². The first-order valence-electron chi connectivity index (χ1n) is 3.86. The van der Waals surface area contributed by atoms with E-state index in [0.717, 1.165) is 24.7 Å². The van der Waals surface area contributed by atoms with E-state index in [9.17, 15) is 5.11 Å². The molecular weight excluding hydrogens is 151 g/mol. The van der Waals surface area contributed by atoms with Crippen LogP contribution in [0.1, 0.15) is 33.1 Å². The Morgan fingerprint density at radius 3 is 1.70 bits per heavy atom. The molecule has 1 aliphatic rings. The van der Waals surface area contributed by atoms with Crippen LogP contribution in [0, 0.1) is 11.8 Å². The summed E-state index contributed by atoms with van der Waals surface area (Å²) in [6, 6.07) is 0. The normalized spacial score (nSPS) is 40.5. The Hall–Kier alpha value is 1.60. The second-order valence-electron chi connectivity index (χ2n) is 3.57. The quantitative estimate of drug-likeness (QED) is 0.538. The maximum atomic E-state index is 9.25. The minimum absolute atomic E-state index is 0. The number of rotatable bonds is 0. The Bertz CT molecular complexity index is 70.2. The number of aliphatic hydroxyl groups excluding tert-OH is 1. The fourth-order valence-electron chi connectivity index (χ4n) is 1.90. The Morgan fingerprint density at radius 1 is 1.00 bits per heavy atom. The molecule has 1 fully saturated rings. The summed E-state index contributed by atoms with van der Waals surface area (Å²) >= 11 is 0. The first-order chi connectivity index (χ1) is 4.18. The Labute approximate surface area is 106 Å². The van der Waals surface area contributed by atoms with E-state index in [0.29, 0.717) is 0 Å². The summed E-state index contributed by atoms with van der Waals surface area (Å²) in [5.74, 6) is 1.48. The van der Waals surface area contributed by atoms with Crippen molar-refractivity contribution in [2.75, 3.05) is 0 Å². The molecule has 0 aliphatic heterocycles. The molecule has 0 aromatic heterocycles. The van der Waals surface area contributed by atoms with Gasteiger partial charge in [-0.15, -0.1) is 0 Å². The molecule has 0 amide bonds. The van der Waals surface area contributed by atoms with Crippen LogP contribution < -0.4 is 0 Å². The van der Waals surface area contributed by atoms with Crippen LogP contribution >= 0.6 is 0 Å². The summed E-state index contributed by atoms with van der Waals surface area (Å²) in [5.41, 5.74) is 0. The van der Waals surface area contributed by atoms with E-state index in [2.05, 4.69) is 13.8 Å². The van der Waals surface area contributed by atoms with Crippen molar-refractivity contribution in [1.82, 2.24) is 0 Å². The van der Waals surface area contributed by atoms with Crippen LogP contribution in [0.3, 0.4) is 0 Å². The second-order valence-corrected chi connectivity index (χ2v) is 3.57. The predicted octanol–water partition coefficient (Wildman–Crippen LogP) is 1.15. The molecule has 1 saturated carbocycles. The van der Waals surface area contributed by atoms with Crippen LogP contribution in [0.2, 0.25) is 0 Å². The molecule has 56 valence electrons. The van der Waals surface area contributed by atoms with Gasteiger partial charge in [0.15, 0.2) is 0 Å². The van der Waals surface area contributed by atoms with Gasteiger partial charge >= 0.3 is 51.4 Å². The molecule has 0 aromatic carbocycles. The summed E-state index contributed by atoms with van der Waals surface area (Å²) < 4.78 is 0. The molecule has 1 N–H and O–H groups in total. The standard InChI is InChI=1S/C8H16O.K.H/c1-6-3-7(2)5-8(9)4-6;;/h6-9H,3-5H2,1-2H3;;. The molecule has 1 nitrogen and oxygen atoms in total. The van der Waals surface area contributed by atoms with Crippen LogP contribution in [0.5, 0.6) is 0 Å². The van der Waals surface area contributed by atoms with Gasteiger partial charge in [0.2, 0.25) is 0 Å². The first-order valence-corrected chi connectivity index (χ1v) is 3.86. The van der Waals surface area contributed by atoms with Crippen molar-refractivity contribution in [3.8, 4) is 0 Å². The van der Waals surface area contributed by atoms with Crippen molar-refractivity contribution in [3.63, 3.8) is 0 Å². The van der Waals surface area contributed by atoms with Crippen molar-refractivity contribution < 1.29 is 5.11 Å². The third-order valence-electron chi connectivity index (χ3n) is 2.15. The van der Waals surface area contributed by atoms with Crippen LogP contribution in [0.4, 0.5) is 0 Å². The van der Waals surface area contributed by atoms with Gasteiger partial charge in [0.25, 0.3) is 0 Å². The van der Waals surface area contributed by atoms with Crippen LogP contribution in [0.15, 0.2) is 0 Å². The summed E-state index contributed by atoms with van der Waals surface area (Å²) in [6.45, 7) is 4.44. The molecular formula is C8H17KO. The zero-order chi connectivity index (χ0) is 6.85. The summed E-state index contributed by atoms with van der Waals surface area (Å²) in [4.78, 5) is 0. The van der Waals surface area contributed by atoms with Gasteiger partial charge in [-0.3, -0.25) is 0 Å². The molecule has 0 bridgehead atoms. The molecule has 0 aromatic rings. The Kier molecular flexibility index (Phi) is 6.12. The van der Waals surface area contributed by atoms with E-state index in [1.165, 1.54) is 6.42 Å². The third kappa shape index (κ3) is 3.84. The van der Waals surface area contributed by atoms with E-state index in [1.807, 2.05) is 0 Å². The van der Waals surface area contributed by atoms with Gasteiger partial charge in [-0.1, -0.05) is 13.8 Å². The van der Waals surface area contributed by atoms with Crippen molar-refractivity contribution in [3.05, 3.63) is 0 Å². The van der Waals surface area contributed by atoms with Gasteiger partial charge in [-0.2, -0.15) is 0 Å². The Balaban J connectivity index is 0.000000810. The summed E-state index contributed by atoms with van der Waals surface area (Å²) in [6.07, 6.45) is 3.33. The van der Waals surface area contributed by atoms with Crippen molar-refractivity contribution >= 4 is 51.4 Å². The molecule has 2 unspecified atom stereocenters. The van der Waals surface area contributed by atoms with Crippen molar-refractivity contribution in [2.45, 2.75) is 39.2 Å². The topological polar surface area (TPSA) is 20.2 Å². The molecule has 0 spiro atoms. The zero-order valence-electron chi connectivity index (χ0n) is 6.30. The molecule has 1 aliphatic carbocycles. The van der Waals surface area contributed by atoms with E-state index in [4.69, 9.17) is 0 Å². The Morgan fingerprint density at radius 2 is 1.40 bits per heavy atom. The second kappa shape index (κ2) is 5.28. The van der Waals surface area contributed by atoms with E-state index >= 15 is 0 Å². The van der Waals surface area contributed by atoms with Gasteiger partial charge in [-0.05, 0) is 31.1 Å². The maximum absolute atomic E-state index is 9.25. The molecule has 0 heterocycles. The van der Waals surface area contributed by atoms with Gasteiger partial charge in [-0.25, -0.2) is 0 Å². The minimum atomic E-state index is -0.0104. The van der Waals surface area contributed by atoms with Crippen molar-refractivity contribution in [1.29, 1.82) is 0 Å². The third-order valence-corrected chi connectivity index (χ3v) is 2.15. The molecule has 0 saturated heterocycles. The summed E-state index contributed by atoms with van der Waals surface area (Å²) in [7, 11) is 0. The SMILES string of the molecule is CC1CC(C)CC(O)C1.[KH]. The number of aliphatic hydroxyl groups is 1. The van der Waals surface area contributed by atoms with E-state index < -0.39 is 0 Å². The van der Waals surface area contributed by atoms with Crippen molar-refractivity contribution in [2.24, 2.45) is 11.8 Å². The molecule has 10 heavy (non-hydrogen) atoms. The van der Waals surface area contributed by atoms with E-state index in [-0.39, 0.29) is 57.5 Å². The number of hydrogen-bond donors (Lipinski definition) is 1. The molecule has 2 heteroatoms. The predicted molar refractivity (Wildman–Crippen MR) is 45.3 cm³/mol. The number of hydrogen-bond acceptors (Lipinski definition) is 1. The van der Waals surface area contributed by atoms with Crippen LogP contribution in [-0.2, 0) is 0 Å². The fraction of sp³-hybridized carbons (Fsp3) is 1.00. The van der Waals surface area contributed by atoms with Gasteiger partial charge in [0.1, 0.15) is 0 Å².